The van der Waals surface area contributed by atoms with Gasteiger partial charge in [-0.1, -0.05) is 30.0 Å². The van der Waals surface area contributed by atoms with Gasteiger partial charge in [-0.05, 0) is 24.3 Å². The maximum Gasteiger partial charge on any atom is 0.262 e. The van der Waals surface area contributed by atoms with E-state index in [2.05, 4.69) is 20.4 Å². The fraction of sp³-hybridized carbons (Fsp3) is 0.143. The fourth-order valence-corrected chi connectivity index (χ4v) is 3.60. The van der Waals surface area contributed by atoms with Crippen LogP contribution in [-0.2, 0) is 4.79 Å². The third-order valence-electron chi connectivity index (χ3n) is 4.44. The maximum atomic E-state index is 12.4. The molecule has 0 spiro atoms. The van der Waals surface area contributed by atoms with Gasteiger partial charge in [0.2, 0.25) is 5.91 Å². The van der Waals surface area contributed by atoms with Crippen molar-refractivity contribution in [3.63, 3.8) is 0 Å². The van der Waals surface area contributed by atoms with E-state index in [1.54, 1.807) is 30.0 Å². The first-order chi connectivity index (χ1) is 15.1. The zero-order chi connectivity index (χ0) is 21.8. The van der Waals surface area contributed by atoms with Crippen LogP contribution in [0.2, 0.25) is 0 Å². The van der Waals surface area contributed by atoms with Gasteiger partial charge >= 0.3 is 0 Å². The predicted octanol–water partition coefficient (Wildman–Crippen LogP) is 2.86. The average molecular weight is 437 g/mol. The second-order valence-electron chi connectivity index (χ2n) is 6.40. The molecule has 0 saturated heterocycles. The van der Waals surface area contributed by atoms with E-state index in [1.807, 2.05) is 30.3 Å². The number of nitrogens with one attached hydrogen (secondary N) is 2. The van der Waals surface area contributed by atoms with Gasteiger partial charge < -0.3 is 19.8 Å². The Morgan fingerprint density at radius 3 is 2.71 bits per heavy atom. The number of aromatic nitrogens is 4. The lowest BCUT2D eigenvalue weighted by atomic mass is 10.2. The first-order valence-electron chi connectivity index (χ1n) is 9.27. The quantitative estimate of drug-likeness (QED) is 0.338. The van der Waals surface area contributed by atoms with Crippen molar-refractivity contribution in [2.75, 3.05) is 25.3 Å². The molecule has 31 heavy (non-hydrogen) atoms. The van der Waals surface area contributed by atoms with Crippen molar-refractivity contribution in [2.45, 2.75) is 5.16 Å². The van der Waals surface area contributed by atoms with Gasteiger partial charge in [-0.25, -0.2) is 9.67 Å². The molecule has 4 aromatic rings. The lowest BCUT2D eigenvalue weighted by Gasteiger charge is -2.11. The molecule has 2 aromatic carbocycles. The Balaban J connectivity index is 1.52. The molecule has 158 valence electrons. The van der Waals surface area contributed by atoms with Gasteiger partial charge in [0, 0.05) is 6.07 Å². The first-order valence-corrected chi connectivity index (χ1v) is 10.3. The van der Waals surface area contributed by atoms with Crippen molar-refractivity contribution < 1.29 is 14.3 Å². The van der Waals surface area contributed by atoms with Gasteiger partial charge in [0.25, 0.3) is 5.56 Å². The van der Waals surface area contributed by atoms with E-state index in [9.17, 15) is 9.59 Å². The number of aromatic amines is 1. The smallest absolute Gasteiger partial charge is 0.262 e. The van der Waals surface area contributed by atoms with Crippen LogP contribution in [0.3, 0.4) is 0 Å². The summed E-state index contributed by atoms with van der Waals surface area (Å²) in [6.45, 7) is 0. The van der Waals surface area contributed by atoms with Gasteiger partial charge in [-0.3, -0.25) is 9.59 Å². The summed E-state index contributed by atoms with van der Waals surface area (Å²) in [4.78, 5) is 32.1. The minimum Gasteiger partial charge on any atom is -0.497 e. The zero-order valence-corrected chi connectivity index (χ0v) is 17.6. The van der Waals surface area contributed by atoms with Crippen LogP contribution < -0.4 is 20.3 Å². The van der Waals surface area contributed by atoms with Gasteiger partial charge in [-0.2, -0.15) is 5.10 Å². The van der Waals surface area contributed by atoms with Crippen molar-refractivity contribution >= 4 is 34.4 Å². The van der Waals surface area contributed by atoms with E-state index >= 15 is 0 Å². The summed E-state index contributed by atoms with van der Waals surface area (Å²) in [5, 5.41) is 7.76. The van der Waals surface area contributed by atoms with Crippen LogP contribution in [0.4, 0.5) is 5.69 Å². The van der Waals surface area contributed by atoms with Gasteiger partial charge in [0.15, 0.2) is 10.8 Å². The molecule has 0 aliphatic rings. The van der Waals surface area contributed by atoms with E-state index in [0.29, 0.717) is 33.4 Å². The molecule has 0 atom stereocenters. The predicted molar refractivity (Wildman–Crippen MR) is 118 cm³/mol. The van der Waals surface area contributed by atoms with E-state index in [1.165, 1.54) is 13.3 Å². The SMILES string of the molecule is COc1ccc(NC(=O)CSc2nc3c(cnn3-c3ccccc3)c(=O)[nH]2)c(OC)c1. The summed E-state index contributed by atoms with van der Waals surface area (Å²) in [6.07, 6.45) is 1.48. The van der Waals surface area contributed by atoms with Gasteiger partial charge in [0.05, 0.1) is 37.5 Å². The number of hydrogen-bond acceptors (Lipinski definition) is 7. The van der Waals surface area contributed by atoms with E-state index in [4.69, 9.17) is 9.47 Å². The number of methoxy groups -OCH3 is 2. The van der Waals surface area contributed by atoms with Crippen LogP contribution in [0.5, 0.6) is 11.5 Å². The monoisotopic (exact) mass is 437 g/mol. The number of anilines is 1. The van der Waals surface area contributed by atoms with Crippen LogP contribution >= 0.6 is 11.8 Å². The lowest BCUT2D eigenvalue weighted by molar-refractivity contribution is -0.113. The highest BCUT2D eigenvalue weighted by molar-refractivity contribution is 7.99. The molecule has 0 aliphatic heterocycles. The van der Waals surface area contributed by atoms with Gasteiger partial charge in [-0.15, -0.1) is 0 Å². The Morgan fingerprint density at radius 1 is 1.16 bits per heavy atom. The number of benzene rings is 2. The molecule has 2 aromatic heterocycles. The molecular formula is C21H19N5O4S. The number of carbonyl (C=O) groups is 1. The number of carbonyl (C=O) groups excluding carboxylic acids is 1. The zero-order valence-electron chi connectivity index (χ0n) is 16.8. The van der Waals surface area contributed by atoms with Crippen LogP contribution in [0.15, 0.2) is 64.7 Å². The minimum absolute atomic E-state index is 0.0447. The summed E-state index contributed by atoms with van der Waals surface area (Å²) in [5.41, 5.74) is 1.42. The van der Waals surface area contributed by atoms with Crippen LogP contribution in [0.1, 0.15) is 0 Å². The number of hydrogen-bond donors (Lipinski definition) is 2. The summed E-state index contributed by atoms with van der Waals surface area (Å²) < 4.78 is 12.0. The number of ether oxygens (including phenoxy) is 2. The molecule has 10 heteroatoms. The van der Waals surface area contributed by atoms with E-state index < -0.39 is 0 Å². The second-order valence-corrected chi connectivity index (χ2v) is 7.37. The summed E-state index contributed by atoms with van der Waals surface area (Å²) in [5.74, 6) is 0.878. The molecule has 0 bridgehead atoms. The molecule has 0 radical (unpaired) electrons. The molecule has 0 aliphatic carbocycles. The molecule has 2 N–H and O–H groups in total. The molecule has 0 fully saturated rings. The normalized spacial score (nSPS) is 10.8. The van der Waals surface area contributed by atoms with Crippen molar-refractivity contribution in [1.29, 1.82) is 0 Å². The Labute approximate surface area is 181 Å². The number of thioether (sulfide) groups is 1. The van der Waals surface area contributed by atoms with Crippen molar-refractivity contribution in [3.8, 4) is 17.2 Å². The molecule has 1 amide bonds. The number of rotatable bonds is 7. The third kappa shape index (κ3) is 4.38. The molecule has 0 saturated carbocycles. The average Bonchev–Trinajstić information content (AvgIpc) is 3.23. The molecular weight excluding hydrogens is 418 g/mol. The number of fused-ring (bicyclic) bond motifs is 1. The topological polar surface area (TPSA) is 111 Å². The maximum absolute atomic E-state index is 12.4. The van der Waals surface area contributed by atoms with Crippen molar-refractivity contribution in [3.05, 3.63) is 65.1 Å². The summed E-state index contributed by atoms with van der Waals surface area (Å²) >= 11 is 1.12. The Hall–Kier alpha value is -3.79. The molecule has 9 nitrogen and oxygen atoms in total. The lowest BCUT2D eigenvalue weighted by Crippen LogP contribution is -2.16. The first kappa shape index (κ1) is 20.5. The second kappa shape index (κ2) is 8.92. The molecule has 4 rings (SSSR count). The minimum atomic E-state index is -0.313. The summed E-state index contributed by atoms with van der Waals surface area (Å²) in [6, 6.07) is 14.5. The number of amides is 1. The third-order valence-corrected chi connectivity index (χ3v) is 5.31. The number of nitrogens with zero attached hydrogens (tertiary/aromatic N) is 3. The number of para-hydroxylation sites is 1. The number of H-pyrrole nitrogens is 1. The highest BCUT2D eigenvalue weighted by Crippen LogP contribution is 2.29. The van der Waals surface area contributed by atoms with Crippen molar-refractivity contribution in [2.24, 2.45) is 0 Å². The Bertz CT molecular complexity index is 1290. The van der Waals surface area contributed by atoms with E-state index in [-0.39, 0.29) is 17.2 Å². The largest absolute Gasteiger partial charge is 0.497 e. The highest BCUT2D eigenvalue weighted by Gasteiger charge is 2.14. The van der Waals surface area contributed by atoms with Crippen molar-refractivity contribution in [1.82, 2.24) is 19.7 Å². The van der Waals surface area contributed by atoms with Gasteiger partial charge in [0.1, 0.15) is 16.9 Å². The Morgan fingerprint density at radius 2 is 1.97 bits per heavy atom. The summed E-state index contributed by atoms with van der Waals surface area (Å²) in [7, 11) is 3.07. The molecule has 0 unspecified atom stereocenters. The van der Waals surface area contributed by atoms with Crippen LogP contribution in [0, 0.1) is 0 Å². The Kier molecular flexibility index (Phi) is 5.89. The fourth-order valence-electron chi connectivity index (χ4n) is 2.95. The van der Waals surface area contributed by atoms with Crippen LogP contribution in [0.25, 0.3) is 16.7 Å². The molecule has 2 heterocycles. The van der Waals surface area contributed by atoms with E-state index in [0.717, 1.165) is 17.4 Å². The standard InChI is InChI=1S/C21H19N5O4S/c1-29-14-8-9-16(17(10-14)30-2)23-18(27)12-31-21-24-19-15(20(28)25-21)11-22-26(19)13-6-4-3-5-7-13/h3-11H,12H2,1-2H3,(H,23,27)(H,24,25,28). The van der Waals surface area contributed by atoms with Crippen LogP contribution in [-0.4, -0.2) is 45.6 Å². The highest BCUT2D eigenvalue weighted by atomic mass is 32.2.